The summed E-state index contributed by atoms with van der Waals surface area (Å²) in [5.74, 6) is 1.30. The van der Waals surface area contributed by atoms with E-state index in [1.807, 2.05) is 0 Å². The Balaban J connectivity index is 1.98. The van der Waals surface area contributed by atoms with Gasteiger partial charge in [0.25, 0.3) is 0 Å². The molecule has 1 unspecified atom stereocenters. The van der Waals surface area contributed by atoms with Crippen LogP contribution in [0.5, 0.6) is 0 Å². The predicted molar refractivity (Wildman–Crippen MR) is 135 cm³/mol. The topological polar surface area (TPSA) is 12.0 Å². The lowest BCUT2D eigenvalue weighted by molar-refractivity contribution is 0.307. The quantitative estimate of drug-likeness (QED) is 0.286. The number of hydrogen-bond acceptors (Lipinski definition) is 1. The van der Waals surface area contributed by atoms with Crippen molar-refractivity contribution in [3.05, 3.63) is 83.1 Å². The molecule has 1 saturated heterocycles. The fourth-order valence-corrected chi connectivity index (χ4v) is 4.67. The van der Waals surface area contributed by atoms with Crippen LogP contribution in [-0.4, -0.2) is 13.1 Å². The van der Waals surface area contributed by atoms with Crippen LogP contribution in [0.1, 0.15) is 72.6 Å². The average Bonchev–Trinajstić information content (AvgIpc) is 2.76. The van der Waals surface area contributed by atoms with Crippen molar-refractivity contribution in [2.24, 2.45) is 11.8 Å². The van der Waals surface area contributed by atoms with Gasteiger partial charge in [-0.25, -0.2) is 0 Å². The fraction of sp³-hybridized carbons (Fsp3) is 0.517. The first-order valence-corrected chi connectivity index (χ1v) is 11.8. The fourth-order valence-electron chi connectivity index (χ4n) is 4.67. The smallest absolute Gasteiger partial charge is 0.00461 e. The zero-order valence-corrected chi connectivity index (χ0v) is 19.9. The number of nitrogens with one attached hydrogen (secondary N) is 1. The molecule has 1 fully saturated rings. The van der Waals surface area contributed by atoms with Crippen molar-refractivity contribution in [3.8, 4) is 0 Å². The van der Waals surface area contributed by atoms with Gasteiger partial charge in [-0.2, -0.15) is 0 Å². The molecule has 0 bridgehead atoms. The molecule has 1 N–H and O–H groups in total. The van der Waals surface area contributed by atoms with Gasteiger partial charge in [0.05, 0.1) is 0 Å². The number of rotatable bonds is 10. The van der Waals surface area contributed by atoms with Gasteiger partial charge >= 0.3 is 0 Å². The van der Waals surface area contributed by atoms with Crippen molar-refractivity contribution in [2.45, 2.75) is 72.6 Å². The van der Waals surface area contributed by atoms with Crippen molar-refractivity contribution in [1.29, 1.82) is 0 Å². The standard InChI is InChI=1S/C29H43N/c1-8-25(11-10-23(6)24(7)27-14-16-30-17-15-27)18-22(5)19-28-20-26(9-2)12-13-29(28)21(3)4/h8,10-11,20,24,27,30H,3,5-6,9,12-19H2,1-2,4,7H3/b11-10-,25-8+. The molecule has 2 aliphatic rings. The van der Waals surface area contributed by atoms with Gasteiger partial charge in [0, 0.05) is 0 Å². The molecule has 2 rings (SSSR count). The summed E-state index contributed by atoms with van der Waals surface area (Å²) in [7, 11) is 0. The molecule has 1 aliphatic heterocycles. The summed E-state index contributed by atoms with van der Waals surface area (Å²) in [5.41, 5.74) is 9.48. The molecule has 1 nitrogen and oxygen atoms in total. The first-order valence-electron chi connectivity index (χ1n) is 11.8. The molecule has 0 aromatic rings. The summed E-state index contributed by atoms with van der Waals surface area (Å²) in [6.07, 6.45) is 16.9. The minimum atomic E-state index is 0.549. The van der Waals surface area contributed by atoms with Crippen molar-refractivity contribution in [3.63, 3.8) is 0 Å². The highest BCUT2D eigenvalue weighted by atomic mass is 14.9. The van der Waals surface area contributed by atoms with Gasteiger partial charge in [-0.3, -0.25) is 0 Å². The third-order valence-corrected chi connectivity index (χ3v) is 6.88. The van der Waals surface area contributed by atoms with Crippen LogP contribution >= 0.6 is 0 Å². The van der Waals surface area contributed by atoms with Crippen molar-refractivity contribution in [1.82, 2.24) is 5.32 Å². The highest BCUT2D eigenvalue weighted by Gasteiger charge is 2.20. The molecule has 164 valence electrons. The zero-order chi connectivity index (χ0) is 22.1. The van der Waals surface area contributed by atoms with Crippen molar-refractivity contribution >= 4 is 0 Å². The van der Waals surface area contributed by atoms with Crippen LogP contribution in [0.4, 0.5) is 0 Å². The first kappa shape index (κ1) is 24.4. The largest absolute Gasteiger partial charge is 0.317 e. The molecule has 0 aromatic carbocycles. The minimum absolute atomic E-state index is 0.549. The van der Waals surface area contributed by atoms with E-state index < -0.39 is 0 Å². The van der Waals surface area contributed by atoms with E-state index in [-0.39, 0.29) is 0 Å². The second-order valence-electron chi connectivity index (χ2n) is 9.19. The third kappa shape index (κ3) is 7.13. The van der Waals surface area contributed by atoms with Gasteiger partial charge in [0.1, 0.15) is 0 Å². The summed E-state index contributed by atoms with van der Waals surface area (Å²) in [5, 5.41) is 3.46. The van der Waals surface area contributed by atoms with E-state index >= 15 is 0 Å². The Labute approximate surface area is 186 Å². The molecule has 30 heavy (non-hydrogen) atoms. The Kier molecular flexibility index (Phi) is 9.85. The predicted octanol–water partition coefficient (Wildman–Crippen LogP) is 8.02. The lowest BCUT2D eigenvalue weighted by atomic mass is 9.81. The first-order chi connectivity index (χ1) is 14.3. The van der Waals surface area contributed by atoms with Gasteiger partial charge in [0.15, 0.2) is 0 Å². The maximum atomic E-state index is 4.42. The normalized spacial score (nSPS) is 19.7. The van der Waals surface area contributed by atoms with E-state index in [4.69, 9.17) is 0 Å². The van der Waals surface area contributed by atoms with Crippen molar-refractivity contribution < 1.29 is 0 Å². The zero-order valence-electron chi connectivity index (χ0n) is 19.9. The molecule has 0 saturated carbocycles. The molecular formula is C29H43N. The van der Waals surface area contributed by atoms with Crippen LogP contribution in [0.25, 0.3) is 0 Å². The highest BCUT2D eigenvalue weighted by Crippen LogP contribution is 2.34. The average molecular weight is 406 g/mol. The van der Waals surface area contributed by atoms with Crippen LogP contribution in [0.15, 0.2) is 83.1 Å². The summed E-state index contributed by atoms with van der Waals surface area (Å²) in [6, 6.07) is 0. The van der Waals surface area contributed by atoms with Crippen LogP contribution in [-0.2, 0) is 0 Å². The molecule has 0 amide bonds. The molecule has 0 spiro atoms. The van der Waals surface area contributed by atoms with Crippen LogP contribution in [0.2, 0.25) is 0 Å². The number of hydrogen-bond donors (Lipinski definition) is 1. The molecular weight excluding hydrogens is 362 g/mol. The monoisotopic (exact) mass is 405 g/mol. The number of allylic oxidation sites excluding steroid dienone is 11. The van der Waals surface area contributed by atoms with Crippen molar-refractivity contribution in [2.75, 3.05) is 13.1 Å². The van der Waals surface area contributed by atoms with E-state index in [1.165, 1.54) is 52.7 Å². The van der Waals surface area contributed by atoms with Gasteiger partial charge in [-0.1, -0.05) is 80.2 Å². The lowest BCUT2D eigenvalue weighted by Gasteiger charge is -2.28. The molecule has 1 heteroatoms. The van der Waals surface area contributed by atoms with Gasteiger partial charge in [-0.05, 0) is 100 Å². The van der Waals surface area contributed by atoms with Gasteiger partial charge in [0.2, 0.25) is 0 Å². The lowest BCUT2D eigenvalue weighted by Crippen LogP contribution is -2.31. The minimum Gasteiger partial charge on any atom is -0.317 e. The Morgan fingerprint density at radius 3 is 2.47 bits per heavy atom. The van der Waals surface area contributed by atoms with E-state index in [0.29, 0.717) is 5.92 Å². The maximum absolute atomic E-state index is 4.42. The third-order valence-electron chi connectivity index (χ3n) is 6.88. The Hall–Kier alpha value is -1.86. The molecule has 0 radical (unpaired) electrons. The van der Waals surface area contributed by atoms with Crippen LogP contribution in [0.3, 0.4) is 0 Å². The Morgan fingerprint density at radius 2 is 1.87 bits per heavy atom. The summed E-state index contributed by atoms with van der Waals surface area (Å²) in [6.45, 7) is 24.1. The van der Waals surface area contributed by atoms with Gasteiger partial charge < -0.3 is 5.32 Å². The Morgan fingerprint density at radius 1 is 1.17 bits per heavy atom. The molecule has 1 heterocycles. The summed E-state index contributed by atoms with van der Waals surface area (Å²) < 4.78 is 0. The van der Waals surface area contributed by atoms with E-state index in [1.54, 1.807) is 5.57 Å². The second kappa shape index (κ2) is 12.1. The molecule has 1 aliphatic carbocycles. The van der Waals surface area contributed by atoms with E-state index in [2.05, 4.69) is 77.1 Å². The van der Waals surface area contributed by atoms with Crippen LogP contribution in [0, 0.1) is 11.8 Å². The summed E-state index contributed by atoms with van der Waals surface area (Å²) >= 11 is 0. The Bertz CT molecular complexity index is 762. The van der Waals surface area contributed by atoms with E-state index in [9.17, 15) is 0 Å². The second-order valence-corrected chi connectivity index (χ2v) is 9.19. The van der Waals surface area contributed by atoms with Crippen LogP contribution < -0.4 is 5.32 Å². The highest BCUT2D eigenvalue weighted by molar-refractivity contribution is 5.45. The van der Waals surface area contributed by atoms with E-state index in [0.717, 1.165) is 44.7 Å². The molecule has 0 aromatic heterocycles. The maximum Gasteiger partial charge on any atom is -0.00461 e. The molecule has 1 atom stereocenters. The summed E-state index contributed by atoms with van der Waals surface area (Å²) in [4.78, 5) is 0. The number of piperidine rings is 1. The van der Waals surface area contributed by atoms with Gasteiger partial charge in [-0.15, -0.1) is 0 Å². The SMILES string of the molecule is C=C(CC1=C(C(=C)C)CCC(CC)=C1)CC(/C=C\C(=C)C(C)C1CCNCC1)=C/C.